The summed E-state index contributed by atoms with van der Waals surface area (Å²) >= 11 is 0. The minimum absolute atomic E-state index is 0.810. The van der Waals surface area contributed by atoms with E-state index in [-0.39, 0.29) is 0 Å². The van der Waals surface area contributed by atoms with Crippen molar-refractivity contribution in [3.63, 3.8) is 0 Å². The van der Waals surface area contributed by atoms with E-state index < -0.39 is 0 Å². The van der Waals surface area contributed by atoms with Crippen molar-refractivity contribution in [3.8, 4) is 0 Å². The summed E-state index contributed by atoms with van der Waals surface area (Å²) in [7, 11) is 2.17. The van der Waals surface area contributed by atoms with Crippen LogP contribution in [0.4, 0.5) is 0 Å². The molecule has 1 nitrogen and oxygen atoms in total. The molecular formula is C14H27N. The maximum atomic E-state index is 3.61. The van der Waals surface area contributed by atoms with Crippen molar-refractivity contribution in [1.29, 1.82) is 0 Å². The Morgan fingerprint density at radius 3 is 1.87 bits per heavy atom. The molecule has 0 saturated heterocycles. The molecule has 0 aromatic rings. The van der Waals surface area contributed by atoms with Crippen molar-refractivity contribution in [2.75, 3.05) is 7.05 Å². The van der Waals surface area contributed by atoms with Gasteiger partial charge in [-0.2, -0.15) is 0 Å². The van der Waals surface area contributed by atoms with Crippen LogP contribution in [0.1, 0.15) is 46.5 Å². The summed E-state index contributed by atoms with van der Waals surface area (Å²) in [4.78, 5) is 0. The molecule has 2 rings (SSSR count). The van der Waals surface area contributed by atoms with Crippen molar-refractivity contribution in [3.05, 3.63) is 0 Å². The van der Waals surface area contributed by atoms with E-state index in [1.165, 1.54) is 25.7 Å². The second-order valence-electron chi connectivity index (χ2n) is 6.37. The predicted octanol–water partition coefficient (Wildman–Crippen LogP) is 3.30. The lowest BCUT2D eigenvalue weighted by Crippen LogP contribution is -2.39. The average Bonchev–Trinajstić information content (AvgIpc) is 2.82. The summed E-state index contributed by atoms with van der Waals surface area (Å²) in [6.07, 6.45) is 5.83. The van der Waals surface area contributed by atoms with Crippen LogP contribution >= 0.6 is 0 Å². The molecule has 0 heterocycles. The number of hydrogen-bond acceptors (Lipinski definition) is 1. The third-order valence-corrected chi connectivity index (χ3v) is 4.69. The van der Waals surface area contributed by atoms with Gasteiger partial charge < -0.3 is 5.32 Å². The zero-order chi connectivity index (χ0) is 11.0. The molecule has 0 bridgehead atoms. The second-order valence-corrected chi connectivity index (χ2v) is 6.37. The molecule has 0 aliphatic heterocycles. The number of rotatable bonds is 3. The van der Waals surface area contributed by atoms with E-state index in [4.69, 9.17) is 0 Å². The van der Waals surface area contributed by atoms with Crippen LogP contribution in [0.3, 0.4) is 0 Å². The van der Waals surface area contributed by atoms with Gasteiger partial charge in [-0.1, -0.05) is 20.8 Å². The molecule has 0 radical (unpaired) electrons. The molecule has 1 N–H and O–H groups in total. The summed E-state index contributed by atoms with van der Waals surface area (Å²) in [5, 5.41) is 3.61. The SMILES string of the molecule is CNC(C1CC(C)CC(C)C1)C1CC1C. The van der Waals surface area contributed by atoms with Crippen molar-refractivity contribution < 1.29 is 0 Å². The van der Waals surface area contributed by atoms with E-state index in [1.54, 1.807) is 0 Å². The minimum Gasteiger partial charge on any atom is -0.316 e. The highest BCUT2D eigenvalue weighted by Gasteiger charge is 2.43. The lowest BCUT2D eigenvalue weighted by Gasteiger charge is -2.36. The highest BCUT2D eigenvalue weighted by Crippen LogP contribution is 2.46. The van der Waals surface area contributed by atoms with Crippen molar-refractivity contribution in [2.24, 2.45) is 29.6 Å². The van der Waals surface area contributed by atoms with Gasteiger partial charge in [-0.15, -0.1) is 0 Å². The van der Waals surface area contributed by atoms with Crippen LogP contribution in [0.25, 0.3) is 0 Å². The van der Waals surface area contributed by atoms with Gasteiger partial charge >= 0.3 is 0 Å². The normalized spacial score (nSPS) is 47.6. The molecule has 2 aliphatic rings. The van der Waals surface area contributed by atoms with Gasteiger partial charge in [0.05, 0.1) is 0 Å². The van der Waals surface area contributed by atoms with Crippen LogP contribution in [0.15, 0.2) is 0 Å². The Morgan fingerprint density at radius 2 is 1.47 bits per heavy atom. The Bertz CT molecular complexity index is 203. The largest absolute Gasteiger partial charge is 0.316 e. The van der Waals surface area contributed by atoms with Gasteiger partial charge in [-0.25, -0.2) is 0 Å². The van der Waals surface area contributed by atoms with E-state index in [0.29, 0.717) is 0 Å². The molecule has 2 aliphatic carbocycles. The summed E-state index contributed by atoms with van der Waals surface area (Å²) < 4.78 is 0. The molecule has 5 unspecified atom stereocenters. The summed E-state index contributed by atoms with van der Waals surface area (Å²) in [5.41, 5.74) is 0. The summed E-state index contributed by atoms with van der Waals surface area (Å²) in [5.74, 6) is 4.81. The monoisotopic (exact) mass is 209 g/mol. The van der Waals surface area contributed by atoms with E-state index >= 15 is 0 Å². The lowest BCUT2D eigenvalue weighted by atomic mass is 9.72. The summed E-state index contributed by atoms with van der Waals surface area (Å²) in [6.45, 7) is 7.28. The molecule has 2 fully saturated rings. The smallest absolute Gasteiger partial charge is 0.0123 e. The van der Waals surface area contributed by atoms with Crippen LogP contribution in [-0.4, -0.2) is 13.1 Å². The van der Waals surface area contributed by atoms with Gasteiger partial charge in [0.1, 0.15) is 0 Å². The van der Waals surface area contributed by atoms with E-state index in [1.807, 2.05) is 0 Å². The first-order valence-electron chi connectivity index (χ1n) is 6.79. The molecule has 15 heavy (non-hydrogen) atoms. The molecule has 1 heteroatoms. The third-order valence-electron chi connectivity index (χ3n) is 4.69. The van der Waals surface area contributed by atoms with E-state index in [2.05, 4.69) is 33.1 Å². The first-order chi connectivity index (χ1) is 7.11. The van der Waals surface area contributed by atoms with Gasteiger partial charge in [0.15, 0.2) is 0 Å². The lowest BCUT2D eigenvalue weighted by molar-refractivity contribution is 0.167. The number of nitrogens with one attached hydrogen (secondary N) is 1. The van der Waals surface area contributed by atoms with Gasteiger partial charge in [-0.3, -0.25) is 0 Å². The Morgan fingerprint density at radius 1 is 0.933 bits per heavy atom. The average molecular weight is 209 g/mol. The zero-order valence-corrected chi connectivity index (χ0v) is 10.8. The van der Waals surface area contributed by atoms with Crippen LogP contribution in [0, 0.1) is 29.6 Å². The topological polar surface area (TPSA) is 12.0 Å². The van der Waals surface area contributed by atoms with Crippen LogP contribution in [-0.2, 0) is 0 Å². The molecule has 2 saturated carbocycles. The van der Waals surface area contributed by atoms with Crippen molar-refractivity contribution in [1.82, 2.24) is 5.32 Å². The predicted molar refractivity (Wildman–Crippen MR) is 65.8 cm³/mol. The maximum absolute atomic E-state index is 3.61. The quantitative estimate of drug-likeness (QED) is 0.752. The standard InChI is InChI=1S/C14H27N/c1-9-5-10(2)7-12(6-9)14(15-4)13-8-11(13)3/h9-15H,5-8H2,1-4H3. The first-order valence-corrected chi connectivity index (χ1v) is 6.79. The zero-order valence-electron chi connectivity index (χ0n) is 10.8. The molecule has 5 atom stereocenters. The fourth-order valence-corrected chi connectivity index (χ4v) is 3.95. The molecule has 0 spiro atoms. The van der Waals surface area contributed by atoms with E-state index in [0.717, 1.165) is 35.6 Å². The van der Waals surface area contributed by atoms with Crippen molar-refractivity contribution >= 4 is 0 Å². The molecule has 0 aromatic carbocycles. The maximum Gasteiger partial charge on any atom is 0.0123 e. The van der Waals surface area contributed by atoms with Gasteiger partial charge in [0.2, 0.25) is 0 Å². The second kappa shape index (κ2) is 4.45. The molecule has 0 aromatic heterocycles. The third kappa shape index (κ3) is 2.55. The number of hydrogen-bond donors (Lipinski definition) is 1. The van der Waals surface area contributed by atoms with Crippen molar-refractivity contribution in [2.45, 2.75) is 52.5 Å². The molecule has 88 valence electrons. The summed E-state index contributed by atoms with van der Waals surface area (Å²) in [6, 6.07) is 0.810. The van der Waals surface area contributed by atoms with Crippen LogP contribution in [0.2, 0.25) is 0 Å². The highest BCUT2D eigenvalue weighted by molar-refractivity contribution is 4.96. The van der Waals surface area contributed by atoms with Crippen LogP contribution in [0.5, 0.6) is 0 Å². The first kappa shape index (κ1) is 11.4. The Balaban J connectivity index is 1.95. The Labute approximate surface area is 95.0 Å². The highest BCUT2D eigenvalue weighted by atomic mass is 14.9. The molecule has 0 amide bonds. The Kier molecular flexibility index (Phi) is 3.39. The fourth-order valence-electron chi connectivity index (χ4n) is 3.95. The van der Waals surface area contributed by atoms with E-state index in [9.17, 15) is 0 Å². The minimum atomic E-state index is 0.810. The van der Waals surface area contributed by atoms with Gasteiger partial charge in [0, 0.05) is 6.04 Å². The molecular weight excluding hydrogens is 182 g/mol. The van der Waals surface area contributed by atoms with Gasteiger partial charge in [-0.05, 0) is 62.3 Å². The van der Waals surface area contributed by atoms with Gasteiger partial charge in [0.25, 0.3) is 0 Å². The fraction of sp³-hybridized carbons (Fsp3) is 1.00. The van der Waals surface area contributed by atoms with Crippen LogP contribution < -0.4 is 5.32 Å². The Hall–Kier alpha value is -0.0400.